The van der Waals surface area contributed by atoms with E-state index in [1.165, 1.54) is 0 Å². The summed E-state index contributed by atoms with van der Waals surface area (Å²) >= 11 is 0. The summed E-state index contributed by atoms with van der Waals surface area (Å²) < 4.78 is 5.38. The zero-order valence-electron chi connectivity index (χ0n) is 7.31. The van der Waals surface area contributed by atoms with Crippen molar-refractivity contribution >= 4 is 0 Å². The molecule has 13 heavy (non-hydrogen) atoms. The zero-order valence-corrected chi connectivity index (χ0v) is 7.31. The van der Waals surface area contributed by atoms with Crippen LogP contribution in [0.5, 0.6) is 0 Å². The van der Waals surface area contributed by atoms with Crippen molar-refractivity contribution in [2.24, 2.45) is 5.73 Å². The minimum Gasteiger partial charge on any atom is -0.496 e. The van der Waals surface area contributed by atoms with Crippen LogP contribution in [-0.4, -0.2) is 11.6 Å². The van der Waals surface area contributed by atoms with Gasteiger partial charge in [-0.3, -0.25) is 4.98 Å². The predicted molar refractivity (Wildman–Crippen MR) is 49.8 cm³/mol. The molecule has 1 aliphatic rings. The van der Waals surface area contributed by atoms with Crippen molar-refractivity contribution in [1.82, 2.24) is 4.98 Å². The second-order valence-corrected chi connectivity index (χ2v) is 3.01. The summed E-state index contributed by atoms with van der Waals surface area (Å²) in [6, 6.07) is 3.68. The van der Waals surface area contributed by atoms with E-state index >= 15 is 0 Å². The summed E-state index contributed by atoms with van der Waals surface area (Å²) in [5.74, 6) is 0.869. The smallest absolute Gasteiger partial charge is 0.113 e. The number of hydrogen-bond acceptors (Lipinski definition) is 3. The predicted octanol–water partition coefficient (Wildman–Crippen LogP) is 1.39. The van der Waals surface area contributed by atoms with Crippen LogP contribution >= 0.6 is 0 Å². The molecule has 1 unspecified atom stereocenters. The van der Waals surface area contributed by atoms with E-state index in [2.05, 4.69) is 4.98 Å². The maximum Gasteiger partial charge on any atom is 0.113 e. The van der Waals surface area contributed by atoms with Gasteiger partial charge in [-0.2, -0.15) is 0 Å². The number of nitrogens with zero attached hydrogens (tertiary/aromatic N) is 1. The molecular formula is C10H12N2O. The molecule has 3 nitrogen and oxygen atoms in total. The van der Waals surface area contributed by atoms with Crippen LogP contribution in [0.25, 0.3) is 0 Å². The third kappa shape index (κ3) is 1.70. The summed E-state index contributed by atoms with van der Waals surface area (Å²) in [4.78, 5) is 4.01. The van der Waals surface area contributed by atoms with Gasteiger partial charge in [0, 0.05) is 18.8 Å². The second kappa shape index (κ2) is 3.58. The molecule has 2 N–H and O–H groups in total. The third-order valence-corrected chi connectivity index (χ3v) is 2.08. The Balaban J connectivity index is 2.17. The topological polar surface area (TPSA) is 48.1 Å². The Morgan fingerprint density at radius 3 is 3.08 bits per heavy atom. The number of hydrogen-bond donors (Lipinski definition) is 1. The Kier molecular flexibility index (Phi) is 2.27. The van der Waals surface area contributed by atoms with E-state index in [1.807, 2.05) is 18.2 Å². The summed E-state index contributed by atoms with van der Waals surface area (Å²) in [5, 5.41) is 0. The highest BCUT2D eigenvalue weighted by Gasteiger charge is 2.15. The molecule has 0 spiro atoms. The molecule has 3 heteroatoms. The fourth-order valence-corrected chi connectivity index (χ4v) is 1.38. The zero-order chi connectivity index (χ0) is 9.10. The first-order valence-electron chi connectivity index (χ1n) is 4.36. The van der Waals surface area contributed by atoms with E-state index < -0.39 is 0 Å². The van der Waals surface area contributed by atoms with Crippen molar-refractivity contribution in [3.63, 3.8) is 0 Å². The van der Waals surface area contributed by atoms with Gasteiger partial charge in [0.25, 0.3) is 0 Å². The molecule has 0 amide bonds. The Morgan fingerprint density at radius 1 is 1.54 bits per heavy atom. The van der Waals surface area contributed by atoms with Gasteiger partial charge < -0.3 is 10.5 Å². The van der Waals surface area contributed by atoms with Crippen molar-refractivity contribution in [2.45, 2.75) is 12.5 Å². The first-order chi connectivity index (χ1) is 6.38. The van der Waals surface area contributed by atoms with Crippen LogP contribution in [0.1, 0.15) is 18.0 Å². The van der Waals surface area contributed by atoms with Crippen molar-refractivity contribution in [3.8, 4) is 0 Å². The Hall–Kier alpha value is -1.35. The normalized spacial score (nSPS) is 17.8. The van der Waals surface area contributed by atoms with E-state index in [0.29, 0.717) is 0 Å². The summed E-state index contributed by atoms with van der Waals surface area (Å²) in [7, 11) is 0. The van der Waals surface area contributed by atoms with Gasteiger partial charge in [0.05, 0.1) is 12.6 Å². The minimum atomic E-state index is -0.156. The summed E-state index contributed by atoms with van der Waals surface area (Å²) in [6.45, 7) is 0.753. The standard InChI is InChI=1S/C10H12N2O/c11-10(9-4-2-6-13-9)8-3-1-5-12-7-8/h1,3-5,7,10H,2,6,11H2. The third-order valence-electron chi connectivity index (χ3n) is 2.08. The van der Waals surface area contributed by atoms with Crippen molar-refractivity contribution in [2.75, 3.05) is 6.61 Å². The Bertz CT molecular complexity index is 308. The molecule has 0 aromatic carbocycles. The number of ether oxygens (including phenoxy) is 1. The van der Waals surface area contributed by atoms with E-state index in [-0.39, 0.29) is 6.04 Å². The van der Waals surface area contributed by atoms with Gasteiger partial charge >= 0.3 is 0 Å². The summed E-state index contributed by atoms with van der Waals surface area (Å²) in [5.41, 5.74) is 6.96. The van der Waals surface area contributed by atoms with E-state index in [0.717, 1.165) is 24.4 Å². The highest BCUT2D eigenvalue weighted by atomic mass is 16.5. The maximum absolute atomic E-state index is 5.97. The van der Waals surface area contributed by atoms with Crippen LogP contribution in [0, 0.1) is 0 Å². The van der Waals surface area contributed by atoms with Crippen molar-refractivity contribution in [1.29, 1.82) is 0 Å². The average Bonchev–Trinajstić information content (AvgIpc) is 2.71. The van der Waals surface area contributed by atoms with Crippen molar-refractivity contribution < 1.29 is 4.74 Å². The second-order valence-electron chi connectivity index (χ2n) is 3.01. The molecule has 0 bridgehead atoms. The Labute approximate surface area is 77.2 Å². The lowest BCUT2D eigenvalue weighted by molar-refractivity contribution is 0.225. The lowest BCUT2D eigenvalue weighted by atomic mass is 10.1. The molecule has 1 aromatic heterocycles. The lowest BCUT2D eigenvalue weighted by Crippen LogP contribution is -2.13. The van der Waals surface area contributed by atoms with Crippen LogP contribution in [0.4, 0.5) is 0 Å². The first kappa shape index (κ1) is 8.26. The average molecular weight is 176 g/mol. The molecule has 68 valence electrons. The van der Waals surface area contributed by atoms with E-state index in [4.69, 9.17) is 10.5 Å². The van der Waals surface area contributed by atoms with Crippen LogP contribution < -0.4 is 5.73 Å². The molecule has 0 radical (unpaired) electrons. The molecule has 1 atom stereocenters. The molecule has 1 aromatic rings. The molecule has 2 heterocycles. The summed E-state index contributed by atoms with van der Waals surface area (Å²) in [6.07, 6.45) is 6.51. The van der Waals surface area contributed by atoms with Gasteiger partial charge in [-0.15, -0.1) is 0 Å². The van der Waals surface area contributed by atoms with Gasteiger partial charge in [-0.05, 0) is 17.7 Å². The number of rotatable bonds is 2. The van der Waals surface area contributed by atoms with Gasteiger partial charge in [-0.1, -0.05) is 6.07 Å². The van der Waals surface area contributed by atoms with Crippen LogP contribution in [-0.2, 0) is 4.74 Å². The van der Waals surface area contributed by atoms with Crippen LogP contribution in [0.2, 0.25) is 0 Å². The molecule has 0 saturated heterocycles. The van der Waals surface area contributed by atoms with Gasteiger partial charge in [0.15, 0.2) is 0 Å². The van der Waals surface area contributed by atoms with Gasteiger partial charge in [-0.25, -0.2) is 0 Å². The molecule has 1 aliphatic heterocycles. The minimum absolute atomic E-state index is 0.156. The molecule has 0 aliphatic carbocycles. The highest BCUT2D eigenvalue weighted by molar-refractivity contribution is 5.22. The molecule has 0 saturated carbocycles. The number of nitrogens with two attached hydrogens (primary N) is 1. The fourth-order valence-electron chi connectivity index (χ4n) is 1.38. The maximum atomic E-state index is 5.97. The monoisotopic (exact) mass is 176 g/mol. The van der Waals surface area contributed by atoms with Gasteiger partial charge in [0.1, 0.15) is 5.76 Å². The van der Waals surface area contributed by atoms with Crippen molar-refractivity contribution in [3.05, 3.63) is 41.9 Å². The highest BCUT2D eigenvalue weighted by Crippen LogP contribution is 2.23. The fraction of sp³-hybridized carbons (Fsp3) is 0.300. The molecule has 2 rings (SSSR count). The largest absolute Gasteiger partial charge is 0.496 e. The Morgan fingerprint density at radius 2 is 2.46 bits per heavy atom. The molecular weight excluding hydrogens is 164 g/mol. The quantitative estimate of drug-likeness (QED) is 0.740. The van der Waals surface area contributed by atoms with Crippen LogP contribution in [0.15, 0.2) is 36.4 Å². The SMILES string of the molecule is NC(C1=CCCO1)c1cccnc1. The van der Waals surface area contributed by atoms with Crippen LogP contribution in [0.3, 0.4) is 0 Å². The molecule has 0 fully saturated rings. The van der Waals surface area contributed by atoms with E-state index in [1.54, 1.807) is 12.4 Å². The van der Waals surface area contributed by atoms with Gasteiger partial charge in [0.2, 0.25) is 0 Å². The number of aromatic nitrogens is 1. The first-order valence-corrected chi connectivity index (χ1v) is 4.36. The van der Waals surface area contributed by atoms with E-state index in [9.17, 15) is 0 Å². The lowest BCUT2D eigenvalue weighted by Gasteiger charge is -2.12. The number of pyridine rings is 1.